The minimum Gasteiger partial charge on any atom is -0.495 e. The fourth-order valence-corrected chi connectivity index (χ4v) is 5.07. The van der Waals surface area contributed by atoms with Crippen LogP contribution >= 0.6 is 11.6 Å². The summed E-state index contributed by atoms with van der Waals surface area (Å²) < 4.78 is 31.4. The Balaban J connectivity index is 2.15. The lowest BCUT2D eigenvalue weighted by Gasteiger charge is -2.32. The van der Waals surface area contributed by atoms with Gasteiger partial charge < -0.3 is 15.0 Å². The quantitative estimate of drug-likeness (QED) is 0.425. The lowest BCUT2D eigenvalue weighted by Crippen LogP contribution is -2.53. The fourth-order valence-electron chi connectivity index (χ4n) is 3.86. The van der Waals surface area contributed by atoms with Crippen LogP contribution < -0.4 is 14.4 Å². The molecule has 10 heteroatoms. The molecule has 0 heterocycles. The Morgan fingerprint density at radius 2 is 1.73 bits per heavy atom. The Morgan fingerprint density at radius 1 is 1.08 bits per heavy atom. The van der Waals surface area contributed by atoms with Gasteiger partial charge in [0.2, 0.25) is 21.8 Å². The molecule has 0 bridgehead atoms. The van der Waals surface area contributed by atoms with Crippen LogP contribution in [0.15, 0.2) is 48.5 Å². The maximum absolute atomic E-state index is 13.3. The van der Waals surface area contributed by atoms with E-state index >= 15 is 0 Å². The van der Waals surface area contributed by atoms with Crippen molar-refractivity contribution in [3.8, 4) is 5.75 Å². The number of methoxy groups -OCH3 is 1. The van der Waals surface area contributed by atoms with Crippen LogP contribution in [0.4, 0.5) is 5.69 Å². The molecule has 2 amide bonds. The first-order valence-electron chi connectivity index (χ1n) is 12.2. The van der Waals surface area contributed by atoms with E-state index in [2.05, 4.69) is 5.32 Å². The van der Waals surface area contributed by atoms with E-state index in [4.69, 9.17) is 16.3 Å². The van der Waals surface area contributed by atoms with Crippen LogP contribution in [0.5, 0.6) is 5.75 Å². The first kappa shape index (κ1) is 30.4. The summed E-state index contributed by atoms with van der Waals surface area (Å²) >= 11 is 6.20. The van der Waals surface area contributed by atoms with Crippen LogP contribution in [-0.2, 0) is 26.0 Å². The summed E-state index contributed by atoms with van der Waals surface area (Å²) in [7, 11) is -2.14. The standard InChI is InChI=1S/C27H38ClN3O5S/c1-20(26(33)29-27(2,3)4)30(18-16-21-11-8-7-9-12-21)25(32)13-10-17-31(37(6,34)35)22-14-15-24(36-5)23(28)19-22/h7-9,11-12,14-15,19-20H,10,13,16-18H2,1-6H3,(H,29,33)/t20-/m0/s1. The van der Waals surface area contributed by atoms with E-state index in [0.29, 0.717) is 24.4 Å². The van der Waals surface area contributed by atoms with Gasteiger partial charge in [-0.15, -0.1) is 0 Å². The summed E-state index contributed by atoms with van der Waals surface area (Å²) in [5.41, 5.74) is 1.01. The Kier molecular flexibility index (Phi) is 10.8. The number of nitrogens with zero attached hydrogens (tertiary/aromatic N) is 2. The van der Waals surface area contributed by atoms with Crippen LogP contribution in [-0.4, -0.2) is 63.2 Å². The second-order valence-corrected chi connectivity index (χ2v) is 12.3. The van der Waals surface area contributed by atoms with Gasteiger partial charge in [-0.3, -0.25) is 13.9 Å². The average molecular weight is 552 g/mol. The zero-order valence-electron chi connectivity index (χ0n) is 22.5. The molecule has 1 N–H and O–H groups in total. The number of ether oxygens (including phenoxy) is 1. The average Bonchev–Trinajstić information content (AvgIpc) is 2.80. The molecule has 0 aromatic heterocycles. The van der Waals surface area contributed by atoms with E-state index < -0.39 is 21.6 Å². The maximum atomic E-state index is 13.3. The molecule has 204 valence electrons. The van der Waals surface area contributed by atoms with Crippen LogP contribution in [0.3, 0.4) is 0 Å². The summed E-state index contributed by atoms with van der Waals surface area (Å²) in [6, 6.07) is 13.8. The largest absolute Gasteiger partial charge is 0.495 e. The summed E-state index contributed by atoms with van der Waals surface area (Å²) in [6.07, 6.45) is 2.06. The number of carbonyl (C=O) groups is 2. The molecule has 0 aliphatic heterocycles. The van der Waals surface area contributed by atoms with E-state index in [1.165, 1.54) is 17.5 Å². The van der Waals surface area contributed by atoms with Crippen molar-refractivity contribution in [3.63, 3.8) is 0 Å². The normalized spacial score (nSPS) is 12.5. The highest BCUT2D eigenvalue weighted by atomic mass is 35.5. The number of rotatable bonds is 12. The van der Waals surface area contributed by atoms with Crippen molar-refractivity contribution in [2.75, 3.05) is 30.8 Å². The van der Waals surface area contributed by atoms with Crippen LogP contribution in [0.1, 0.15) is 46.1 Å². The molecule has 0 unspecified atom stereocenters. The van der Waals surface area contributed by atoms with E-state index in [1.807, 2.05) is 51.1 Å². The molecule has 0 saturated heterocycles. The molecular formula is C27H38ClN3O5S. The molecule has 0 radical (unpaired) electrons. The Labute approximate surface area is 226 Å². The Bertz CT molecular complexity index is 1170. The highest BCUT2D eigenvalue weighted by molar-refractivity contribution is 7.92. The van der Waals surface area contributed by atoms with Crippen molar-refractivity contribution >= 4 is 39.1 Å². The predicted octanol–water partition coefficient (Wildman–Crippen LogP) is 4.27. The first-order chi connectivity index (χ1) is 17.2. The number of hydrogen-bond acceptors (Lipinski definition) is 5. The van der Waals surface area contributed by atoms with Crippen LogP contribution in [0, 0.1) is 0 Å². The smallest absolute Gasteiger partial charge is 0.242 e. The molecular weight excluding hydrogens is 514 g/mol. The second kappa shape index (κ2) is 13.1. The molecule has 0 aliphatic carbocycles. The van der Waals surface area contributed by atoms with E-state index in [1.54, 1.807) is 24.0 Å². The number of carbonyl (C=O) groups excluding carboxylic acids is 2. The van der Waals surface area contributed by atoms with Gasteiger partial charge in [0.05, 0.1) is 24.1 Å². The minimum atomic E-state index is -3.62. The first-order valence-corrected chi connectivity index (χ1v) is 14.4. The van der Waals surface area contributed by atoms with Gasteiger partial charge in [-0.2, -0.15) is 0 Å². The number of halogens is 1. The molecule has 0 spiro atoms. The zero-order chi connectivity index (χ0) is 27.8. The molecule has 2 aromatic rings. The van der Waals surface area contributed by atoms with Crippen LogP contribution in [0.2, 0.25) is 5.02 Å². The third kappa shape index (κ3) is 9.55. The summed E-state index contributed by atoms with van der Waals surface area (Å²) in [5.74, 6) is -0.0149. The fraction of sp³-hybridized carbons (Fsp3) is 0.481. The molecule has 2 aromatic carbocycles. The van der Waals surface area contributed by atoms with Crippen molar-refractivity contribution in [2.45, 2.75) is 58.5 Å². The molecule has 2 rings (SSSR count). The number of anilines is 1. The van der Waals surface area contributed by atoms with Gasteiger partial charge in [-0.25, -0.2) is 8.42 Å². The van der Waals surface area contributed by atoms with Crippen molar-refractivity contribution in [1.29, 1.82) is 0 Å². The van der Waals surface area contributed by atoms with Gasteiger partial charge in [0.1, 0.15) is 11.8 Å². The lowest BCUT2D eigenvalue weighted by molar-refractivity contribution is -0.140. The number of benzene rings is 2. The van der Waals surface area contributed by atoms with E-state index in [9.17, 15) is 18.0 Å². The minimum absolute atomic E-state index is 0.0812. The number of amides is 2. The number of nitrogens with one attached hydrogen (secondary N) is 1. The summed E-state index contributed by atoms with van der Waals surface area (Å²) in [6.45, 7) is 7.83. The van der Waals surface area contributed by atoms with Gasteiger partial charge in [0, 0.05) is 25.0 Å². The van der Waals surface area contributed by atoms with Gasteiger partial charge in [0.15, 0.2) is 0 Å². The molecule has 0 fully saturated rings. The Hall–Kier alpha value is -2.78. The monoisotopic (exact) mass is 551 g/mol. The van der Waals surface area contributed by atoms with E-state index in [0.717, 1.165) is 11.8 Å². The molecule has 0 aliphatic rings. The van der Waals surface area contributed by atoms with Crippen molar-refractivity contribution in [2.24, 2.45) is 0 Å². The third-order valence-corrected chi connectivity index (χ3v) is 7.21. The van der Waals surface area contributed by atoms with Crippen LogP contribution in [0.25, 0.3) is 0 Å². The van der Waals surface area contributed by atoms with Gasteiger partial charge >= 0.3 is 0 Å². The third-order valence-electron chi connectivity index (χ3n) is 5.73. The zero-order valence-corrected chi connectivity index (χ0v) is 24.0. The van der Waals surface area contributed by atoms with Crippen molar-refractivity contribution in [1.82, 2.24) is 10.2 Å². The summed E-state index contributed by atoms with van der Waals surface area (Å²) in [5, 5.41) is 3.23. The lowest BCUT2D eigenvalue weighted by atomic mass is 10.1. The second-order valence-electron chi connectivity index (χ2n) is 10.00. The highest BCUT2D eigenvalue weighted by Crippen LogP contribution is 2.30. The molecule has 0 saturated carbocycles. The van der Waals surface area contributed by atoms with Gasteiger partial charge in [0.25, 0.3) is 0 Å². The SMILES string of the molecule is COc1ccc(N(CCCC(=O)N(CCc2ccccc2)[C@@H](C)C(=O)NC(C)(C)C)S(C)(=O)=O)cc1Cl. The predicted molar refractivity (Wildman–Crippen MR) is 149 cm³/mol. The molecule has 1 atom stereocenters. The molecule has 37 heavy (non-hydrogen) atoms. The molecule has 8 nitrogen and oxygen atoms in total. The van der Waals surface area contributed by atoms with Crippen molar-refractivity contribution in [3.05, 3.63) is 59.1 Å². The Morgan fingerprint density at radius 3 is 2.27 bits per heavy atom. The van der Waals surface area contributed by atoms with E-state index in [-0.39, 0.29) is 36.2 Å². The topological polar surface area (TPSA) is 96.0 Å². The maximum Gasteiger partial charge on any atom is 0.242 e. The summed E-state index contributed by atoms with van der Waals surface area (Å²) in [4.78, 5) is 27.8. The van der Waals surface area contributed by atoms with Gasteiger partial charge in [-0.05, 0) is 64.3 Å². The highest BCUT2D eigenvalue weighted by Gasteiger charge is 2.28. The number of sulfonamides is 1. The number of hydrogen-bond donors (Lipinski definition) is 1. The van der Waals surface area contributed by atoms with Gasteiger partial charge in [-0.1, -0.05) is 41.9 Å². The van der Waals surface area contributed by atoms with Crippen molar-refractivity contribution < 1.29 is 22.7 Å².